The number of likely N-dealkylation sites (N-methyl/N-ethyl adjacent to an activating group) is 1. The fourth-order valence-corrected chi connectivity index (χ4v) is 1.73. The van der Waals surface area contributed by atoms with Crippen molar-refractivity contribution in [3.8, 4) is 0 Å². The van der Waals surface area contributed by atoms with Gasteiger partial charge in [-0.05, 0) is 0 Å². The Kier molecular flexibility index (Phi) is 8.50. The zero-order valence-corrected chi connectivity index (χ0v) is 13.3. The summed E-state index contributed by atoms with van der Waals surface area (Å²) in [6.07, 6.45) is -0.978. The van der Waals surface area contributed by atoms with Gasteiger partial charge in [-0.2, -0.15) is 0 Å². The Hall–Kier alpha value is -0.500. The lowest BCUT2D eigenvalue weighted by atomic mass is 10.4. The number of phosphoric acid groups is 1. The lowest BCUT2D eigenvalue weighted by molar-refractivity contribution is -0.870. The fraction of sp³-hybridized carbons (Fsp3) is 0.909. The predicted octanol–water partition coefficient (Wildman–Crippen LogP) is 0.140. The van der Waals surface area contributed by atoms with Crippen LogP contribution in [-0.2, 0) is 23.1 Å². The summed E-state index contributed by atoms with van der Waals surface area (Å²) in [5.74, 6) is -0.463. The molecule has 0 spiro atoms. The first-order valence-corrected chi connectivity index (χ1v) is 7.81. The van der Waals surface area contributed by atoms with E-state index in [2.05, 4.69) is 9.26 Å². The molecule has 1 unspecified atom stereocenters. The maximum absolute atomic E-state index is 11.5. The Morgan fingerprint density at radius 3 is 2.35 bits per heavy atom. The number of esters is 1. The third-order valence-corrected chi connectivity index (χ3v) is 3.16. The molecule has 2 atom stereocenters. The van der Waals surface area contributed by atoms with Crippen molar-refractivity contribution >= 4 is 13.8 Å². The summed E-state index contributed by atoms with van der Waals surface area (Å²) in [7, 11) is 1.55. The first-order chi connectivity index (χ1) is 9.06. The molecular formula is C11H25NO7P+. The monoisotopic (exact) mass is 314 g/mol. The van der Waals surface area contributed by atoms with Crippen LogP contribution < -0.4 is 0 Å². The van der Waals surface area contributed by atoms with Crippen LogP contribution >= 0.6 is 7.82 Å². The van der Waals surface area contributed by atoms with Crippen molar-refractivity contribution in [1.82, 2.24) is 0 Å². The number of carbonyl (C=O) groups is 1. The highest BCUT2D eigenvalue weighted by Crippen LogP contribution is 2.43. The predicted molar refractivity (Wildman–Crippen MR) is 71.9 cm³/mol. The van der Waals surface area contributed by atoms with Crippen molar-refractivity contribution in [2.24, 2.45) is 0 Å². The molecule has 20 heavy (non-hydrogen) atoms. The number of rotatable bonds is 10. The van der Waals surface area contributed by atoms with Crippen molar-refractivity contribution in [3.63, 3.8) is 0 Å². The van der Waals surface area contributed by atoms with Gasteiger partial charge in [0.05, 0.1) is 27.7 Å². The van der Waals surface area contributed by atoms with Crippen LogP contribution in [0.25, 0.3) is 0 Å². The molecule has 0 aliphatic rings. The molecule has 0 aromatic carbocycles. The van der Waals surface area contributed by atoms with E-state index in [4.69, 9.17) is 4.52 Å². The van der Waals surface area contributed by atoms with E-state index in [0.717, 1.165) is 0 Å². The van der Waals surface area contributed by atoms with Gasteiger partial charge in [0.2, 0.25) is 0 Å². The molecule has 0 amide bonds. The van der Waals surface area contributed by atoms with Crippen molar-refractivity contribution in [2.75, 3.05) is 47.5 Å². The number of quaternary nitrogens is 1. The number of aliphatic hydroxyl groups excluding tert-OH is 1. The molecule has 0 rings (SSSR count). The zero-order chi connectivity index (χ0) is 15.8. The highest BCUT2D eigenvalue weighted by Gasteiger charge is 2.24. The Balaban J connectivity index is 3.91. The van der Waals surface area contributed by atoms with Gasteiger partial charge >= 0.3 is 13.8 Å². The van der Waals surface area contributed by atoms with Crippen LogP contribution in [0.4, 0.5) is 0 Å². The number of hydrogen-bond acceptors (Lipinski definition) is 6. The van der Waals surface area contributed by atoms with E-state index < -0.39 is 26.5 Å². The summed E-state index contributed by atoms with van der Waals surface area (Å²) in [4.78, 5) is 20.2. The molecular weight excluding hydrogens is 289 g/mol. The van der Waals surface area contributed by atoms with E-state index in [1.54, 1.807) is 6.92 Å². The van der Waals surface area contributed by atoms with Gasteiger partial charge in [-0.3, -0.25) is 13.8 Å². The van der Waals surface area contributed by atoms with Crippen LogP contribution in [0, 0.1) is 0 Å². The Labute approximate surface area is 119 Å². The minimum atomic E-state index is -4.20. The highest BCUT2D eigenvalue weighted by atomic mass is 31.2. The average Bonchev–Trinajstić information content (AvgIpc) is 2.31. The lowest BCUT2D eigenvalue weighted by Gasteiger charge is -2.24. The molecule has 8 nitrogen and oxygen atoms in total. The molecule has 0 heterocycles. The van der Waals surface area contributed by atoms with Crippen LogP contribution in [0.3, 0.4) is 0 Å². The molecule has 0 saturated heterocycles. The second kappa shape index (κ2) is 8.71. The first kappa shape index (κ1) is 19.5. The largest absolute Gasteiger partial charge is 0.472 e. The summed E-state index contributed by atoms with van der Waals surface area (Å²) in [6, 6.07) is 0. The number of nitrogens with zero attached hydrogens (tertiary/aromatic N) is 1. The van der Waals surface area contributed by atoms with E-state index in [9.17, 15) is 19.4 Å². The van der Waals surface area contributed by atoms with Gasteiger partial charge in [0, 0.05) is 6.42 Å². The van der Waals surface area contributed by atoms with Gasteiger partial charge in [-0.15, -0.1) is 0 Å². The number of phosphoric ester groups is 1. The van der Waals surface area contributed by atoms with E-state index in [0.29, 0.717) is 11.0 Å². The highest BCUT2D eigenvalue weighted by molar-refractivity contribution is 7.47. The Morgan fingerprint density at radius 1 is 1.25 bits per heavy atom. The van der Waals surface area contributed by atoms with Crippen LogP contribution in [0.2, 0.25) is 0 Å². The molecule has 0 saturated carbocycles. The fourth-order valence-electron chi connectivity index (χ4n) is 0.987. The maximum atomic E-state index is 11.5. The minimum absolute atomic E-state index is 0.0538. The van der Waals surface area contributed by atoms with E-state index in [1.165, 1.54) is 0 Å². The van der Waals surface area contributed by atoms with Crippen LogP contribution in [0.15, 0.2) is 0 Å². The third kappa shape index (κ3) is 11.3. The molecule has 0 bridgehead atoms. The smallest absolute Gasteiger partial charge is 0.463 e. The van der Waals surface area contributed by atoms with Crippen LogP contribution in [0.1, 0.15) is 13.3 Å². The first-order valence-electron chi connectivity index (χ1n) is 6.32. The number of aliphatic hydroxyl groups is 1. The second-order valence-electron chi connectivity index (χ2n) is 5.30. The molecule has 0 aromatic heterocycles. The Morgan fingerprint density at radius 2 is 1.85 bits per heavy atom. The van der Waals surface area contributed by atoms with Crippen molar-refractivity contribution in [2.45, 2.75) is 19.4 Å². The molecule has 2 N–H and O–H groups in total. The quantitative estimate of drug-likeness (QED) is 0.336. The molecule has 120 valence electrons. The summed E-state index contributed by atoms with van der Waals surface area (Å²) in [5.41, 5.74) is 0. The number of carbonyl (C=O) groups excluding carboxylic acids is 1. The lowest BCUT2D eigenvalue weighted by Crippen LogP contribution is -2.37. The van der Waals surface area contributed by atoms with Gasteiger partial charge in [0.25, 0.3) is 0 Å². The second-order valence-corrected chi connectivity index (χ2v) is 6.76. The molecule has 0 aromatic rings. The van der Waals surface area contributed by atoms with Crippen molar-refractivity contribution in [3.05, 3.63) is 0 Å². The molecule has 0 radical (unpaired) electrons. The minimum Gasteiger partial charge on any atom is -0.463 e. The summed E-state index contributed by atoms with van der Waals surface area (Å²) in [6.45, 7) is 1.47. The number of ether oxygens (including phenoxy) is 1. The third-order valence-electron chi connectivity index (χ3n) is 2.17. The van der Waals surface area contributed by atoms with Crippen molar-refractivity contribution < 1.29 is 37.6 Å². The normalized spacial score (nSPS) is 16.5. The Bertz CT molecular complexity index is 342. The summed E-state index contributed by atoms with van der Waals surface area (Å²) in [5, 5.41) is 9.42. The van der Waals surface area contributed by atoms with Gasteiger partial charge in [0.1, 0.15) is 25.9 Å². The average molecular weight is 314 g/mol. The van der Waals surface area contributed by atoms with Gasteiger partial charge < -0.3 is 19.2 Å². The van der Waals surface area contributed by atoms with Gasteiger partial charge in [-0.25, -0.2) is 4.57 Å². The molecule has 0 aliphatic carbocycles. The van der Waals surface area contributed by atoms with Crippen molar-refractivity contribution in [1.29, 1.82) is 0 Å². The number of hydrogen-bond donors (Lipinski definition) is 2. The van der Waals surface area contributed by atoms with E-state index in [1.807, 2.05) is 21.1 Å². The maximum Gasteiger partial charge on any atom is 0.472 e. The topological polar surface area (TPSA) is 102 Å². The van der Waals surface area contributed by atoms with E-state index >= 15 is 0 Å². The van der Waals surface area contributed by atoms with Crippen LogP contribution in [-0.4, -0.2) is 74.1 Å². The summed E-state index contributed by atoms with van der Waals surface area (Å²) >= 11 is 0. The van der Waals surface area contributed by atoms with Gasteiger partial charge in [0.15, 0.2) is 0 Å². The molecule has 0 aliphatic heterocycles. The van der Waals surface area contributed by atoms with Gasteiger partial charge in [-0.1, -0.05) is 6.92 Å². The van der Waals surface area contributed by atoms with E-state index in [-0.39, 0.29) is 19.6 Å². The molecule has 9 heteroatoms. The van der Waals surface area contributed by atoms with Crippen LogP contribution in [0.5, 0.6) is 0 Å². The summed E-state index contributed by atoms with van der Waals surface area (Å²) < 4.78 is 26.1. The zero-order valence-electron chi connectivity index (χ0n) is 12.4. The molecule has 0 fully saturated rings. The SMILES string of the molecule is CCC(=O)OC[C@@H](O)COP(=O)(O)OCC[N+](C)(C)C. The standard InChI is InChI=1S/C11H24NO7P/c1-5-11(14)17-8-10(13)9-19-20(15,16)18-7-6-12(2,3)4/h10,13H,5-9H2,1-4H3/p+1/t10-/m1/s1.